The van der Waals surface area contributed by atoms with Gasteiger partial charge in [-0.3, -0.25) is 9.59 Å². The summed E-state index contributed by atoms with van der Waals surface area (Å²) in [6.07, 6.45) is 2.60. The molecule has 2 amide bonds. The molecule has 0 spiro atoms. The van der Waals surface area contributed by atoms with E-state index in [9.17, 15) is 19.5 Å². The largest absolute Gasteiger partial charge is 0.481 e. The van der Waals surface area contributed by atoms with Crippen molar-refractivity contribution in [3.8, 4) is 29.2 Å². The van der Waals surface area contributed by atoms with Gasteiger partial charge in [-0.2, -0.15) is 0 Å². The van der Waals surface area contributed by atoms with Crippen LogP contribution >= 0.6 is 0 Å². The molecule has 9 nitrogen and oxygen atoms in total. The monoisotopic (exact) mass is 514 g/mol. The van der Waals surface area contributed by atoms with E-state index in [0.29, 0.717) is 17.0 Å². The lowest BCUT2D eigenvalue weighted by Crippen LogP contribution is -2.51. The molecule has 0 bridgehead atoms. The molecular formula is C29H26N2O7. The molecular weight excluding hydrogens is 488 g/mol. The number of carboxylic acids is 1. The van der Waals surface area contributed by atoms with Crippen molar-refractivity contribution in [1.82, 2.24) is 5.32 Å². The van der Waals surface area contributed by atoms with Gasteiger partial charge >= 0.3 is 5.97 Å². The van der Waals surface area contributed by atoms with Crippen LogP contribution in [0.1, 0.15) is 5.56 Å². The number of terminal acetylenes is 1. The van der Waals surface area contributed by atoms with Gasteiger partial charge in [0.1, 0.15) is 25.2 Å². The van der Waals surface area contributed by atoms with Crippen LogP contribution in [0.15, 0.2) is 78.9 Å². The Morgan fingerprint density at radius 3 is 2.29 bits per heavy atom. The summed E-state index contributed by atoms with van der Waals surface area (Å²) in [4.78, 5) is 38.0. The van der Waals surface area contributed by atoms with Crippen LogP contribution in [0, 0.1) is 12.3 Å². The van der Waals surface area contributed by atoms with Crippen LogP contribution in [-0.4, -0.2) is 54.5 Å². The molecule has 1 aliphatic heterocycles. The van der Waals surface area contributed by atoms with Crippen LogP contribution < -0.4 is 15.4 Å². The zero-order chi connectivity index (χ0) is 26.9. The predicted octanol–water partition coefficient (Wildman–Crippen LogP) is 2.86. The van der Waals surface area contributed by atoms with Crippen LogP contribution in [0.3, 0.4) is 0 Å². The third kappa shape index (κ3) is 6.56. The van der Waals surface area contributed by atoms with Gasteiger partial charge in [-0.05, 0) is 29.3 Å². The molecule has 1 heterocycles. The minimum Gasteiger partial charge on any atom is -0.481 e. The van der Waals surface area contributed by atoms with Crippen LogP contribution in [0.5, 0.6) is 5.75 Å². The zero-order valence-corrected chi connectivity index (χ0v) is 20.3. The van der Waals surface area contributed by atoms with E-state index in [0.717, 1.165) is 11.1 Å². The molecule has 0 saturated carbocycles. The number of nitrogens with one attached hydrogen (secondary N) is 2. The molecule has 4 rings (SSSR count). The van der Waals surface area contributed by atoms with Crippen molar-refractivity contribution >= 4 is 23.5 Å². The predicted molar refractivity (Wildman–Crippen MR) is 139 cm³/mol. The lowest BCUT2D eigenvalue weighted by Gasteiger charge is -2.20. The summed E-state index contributed by atoms with van der Waals surface area (Å²) in [5.41, 5.74) is 2.89. The number of ether oxygens (including phenoxy) is 3. The summed E-state index contributed by atoms with van der Waals surface area (Å²) in [6, 6.07) is 22.2. The van der Waals surface area contributed by atoms with E-state index in [4.69, 9.17) is 20.6 Å². The quantitative estimate of drug-likeness (QED) is 0.356. The molecule has 3 aromatic rings. The number of para-hydroxylation sites is 1. The van der Waals surface area contributed by atoms with Crippen LogP contribution in [0.25, 0.3) is 11.1 Å². The Labute approximate surface area is 219 Å². The number of rotatable bonds is 10. The normalized spacial score (nSPS) is 17.1. The number of hydrogen-bond donors (Lipinski definition) is 3. The van der Waals surface area contributed by atoms with Crippen LogP contribution in [0.4, 0.5) is 5.69 Å². The Morgan fingerprint density at radius 1 is 0.947 bits per heavy atom. The lowest BCUT2D eigenvalue weighted by molar-refractivity contribution is -0.144. The molecule has 3 atom stereocenters. The van der Waals surface area contributed by atoms with Gasteiger partial charge in [-0.1, -0.05) is 66.6 Å². The minimum atomic E-state index is -1.32. The number of carbonyl (C=O) groups is 3. The first kappa shape index (κ1) is 26.4. The van der Waals surface area contributed by atoms with Gasteiger partial charge in [0.2, 0.25) is 0 Å². The van der Waals surface area contributed by atoms with E-state index in [1.807, 2.05) is 42.5 Å². The average molecular weight is 515 g/mol. The summed E-state index contributed by atoms with van der Waals surface area (Å²) in [6.45, 7) is -0.170. The number of amides is 2. The second-order valence-electron chi connectivity index (χ2n) is 8.43. The van der Waals surface area contributed by atoms with Gasteiger partial charge in [0, 0.05) is 17.7 Å². The number of hydrogen-bond acceptors (Lipinski definition) is 6. The van der Waals surface area contributed by atoms with Crippen molar-refractivity contribution in [2.45, 2.75) is 24.7 Å². The number of anilines is 1. The second kappa shape index (κ2) is 12.5. The maximum Gasteiger partial charge on any atom is 0.326 e. The molecule has 1 aliphatic rings. The Kier molecular flexibility index (Phi) is 8.72. The van der Waals surface area contributed by atoms with Gasteiger partial charge in [0.25, 0.3) is 11.8 Å². The molecule has 1 saturated heterocycles. The third-order valence-electron chi connectivity index (χ3n) is 5.86. The van der Waals surface area contributed by atoms with E-state index in [1.54, 1.807) is 36.4 Å². The molecule has 9 heteroatoms. The molecule has 3 aromatic carbocycles. The summed E-state index contributed by atoms with van der Waals surface area (Å²) < 4.78 is 16.1. The first-order chi connectivity index (χ1) is 18.5. The smallest absolute Gasteiger partial charge is 0.326 e. The fraction of sp³-hybridized carbons (Fsp3) is 0.207. The molecule has 0 aromatic heterocycles. The molecule has 3 N–H and O–H groups in total. The van der Waals surface area contributed by atoms with E-state index in [1.165, 1.54) is 0 Å². The first-order valence-corrected chi connectivity index (χ1v) is 11.8. The highest BCUT2D eigenvalue weighted by atomic mass is 16.7. The maximum absolute atomic E-state index is 13.1. The fourth-order valence-corrected chi connectivity index (χ4v) is 3.99. The Morgan fingerprint density at radius 2 is 1.61 bits per heavy atom. The standard InChI is InChI=1S/C29H26N2O7/c1-2-16-36-21-14-12-19(13-15-21)17-24(29(34)35)31-28(33)26-25(37-18-38-26)27(32)30-23-11-7-6-10-22(23)20-8-4-3-5-9-20/h1,3-15,24-26H,16-18H2,(H,30,32)(H,31,33)(H,34,35)/t24-,25+,26+/m0/s1. The van der Waals surface area contributed by atoms with E-state index in [2.05, 4.69) is 16.6 Å². The van der Waals surface area contributed by atoms with Crippen LogP contribution in [0.2, 0.25) is 0 Å². The fourth-order valence-electron chi connectivity index (χ4n) is 3.99. The Hall–Kier alpha value is -4.65. The van der Waals surface area contributed by atoms with Crippen molar-refractivity contribution in [2.75, 3.05) is 18.7 Å². The third-order valence-corrected chi connectivity index (χ3v) is 5.86. The number of aliphatic carboxylic acids is 1. The topological polar surface area (TPSA) is 123 Å². The molecule has 0 aliphatic carbocycles. The highest BCUT2D eigenvalue weighted by Crippen LogP contribution is 2.28. The lowest BCUT2D eigenvalue weighted by atomic mass is 10.0. The van der Waals surface area contributed by atoms with Crippen molar-refractivity contribution in [3.63, 3.8) is 0 Å². The van der Waals surface area contributed by atoms with Crippen molar-refractivity contribution in [2.24, 2.45) is 0 Å². The molecule has 1 fully saturated rings. The summed E-state index contributed by atoms with van der Waals surface area (Å²) in [5.74, 6) is 0.327. The van der Waals surface area contributed by atoms with Gasteiger partial charge < -0.3 is 30.0 Å². The van der Waals surface area contributed by atoms with Crippen molar-refractivity contribution in [1.29, 1.82) is 0 Å². The van der Waals surface area contributed by atoms with Gasteiger partial charge in [0.05, 0.1) is 0 Å². The van der Waals surface area contributed by atoms with Crippen LogP contribution in [-0.2, 0) is 30.3 Å². The summed E-state index contributed by atoms with van der Waals surface area (Å²) >= 11 is 0. The maximum atomic E-state index is 13.1. The average Bonchev–Trinajstić information content (AvgIpc) is 3.43. The Bertz CT molecular complexity index is 1320. The summed E-state index contributed by atoms with van der Waals surface area (Å²) in [5, 5.41) is 15.0. The number of carbonyl (C=O) groups excluding carboxylic acids is 2. The molecule has 0 unspecified atom stereocenters. The number of carboxylic acid groups (broad SMARTS) is 1. The highest BCUT2D eigenvalue weighted by Gasteiger charge is 2.41. The minimum absolute atomic E-state index is 0.00534. The molecule has 0 radical (unpaired) electrons. The first-order valence-electron chi connectivity index (χ1n) is 11.8. The highest BCUT2D eigenvalue weighted by molar-refractivity contribution is 6.01. The van der Waals surface area contributed by atoms with E-state index in [-0.39, 0.29) is 19.8 Å². The Balaban J connectivity index is 1.41. The van der Waals surface area contributed by atoms with Gasteiger partial charge in [-0.25, -0.2) is 4.79 Å². The van der Waals surface area contributed by atoms with Crippen molar-refractivity contribution < 1.29 is 33.7 Å². The number of benzene rings is 3. The van der Waals surface area contributed by atoms with E-state index >= 15 is 0 Å². The molecule has 38 heavy (non-hydrogen) atoms. The van der Waals surface area contributed by atoms with Gasteiger partial charge in [-0.15, -0.1) is 6.42 Å². The van der Waals surface area contributed by atoms with Gasteiger partial charge in [0.15, 0.2) is 12.2 Å². The summed E-state index contributed by atoms with van der Waals surface area (Å²) in [7, 11) is 0. The van der Waals surface area contributed by atoms with Crippen molar-refractivity contribution in [3.05, 3.63) is 84.4 Å². The SMILES string of the molecule is C#CCOc1ccc(C[C@H](NC(=O)[C@@H]2OCO[C@H]2C(=O)Nc2ccccc2-c2ccccc2)C(=O)O)cc1. The molecule has 194 valence electrons. The van der Waals surface area contributed by atoms with E-state index < -0.39 is 36.0 Å². The zero-order valence-electron chi connectivity index (χ0n) is 20.3. The second-order valence-corrected chi connectivity index (χ2v) is 8.43.